The molecule has 0 spiro atoms. The lowest BCUT2D eigenvalue weighted by Crippen LogP contribution is -2.44. The maximum atomic E-state index is 12.6. The molecule has 0 bridgehead atoms. The highest BCUT2D eigenvalue weighted by atomic mass is 79.9. The van der Waals surface area contributed by atoms with Crippen LogP contribution in [0.3, 0.4) is 0 Å². The number of anilines is 1. The molecule has 1 atom stereocenters. The van der Waals surface area contributed by atoms with Crippen LogP contribution < -0.4 is 10.6 Å². The van der Waals surface area contributed by atoms with Gasteiger partial charge in [-0.25, -0.2) is 15.3 Å². The Kier molecular flexibility index (Phi) is 6.59. The van der Waals surface area contributed by atoms with E-state index in [0.29, 0.717) is 21.4 Å². The van der Waals surface area contributed by atoms with Crippen LogP contribution >= 0.6 is 50.2 Å². The normalized spacial score (nSPS) is 13.3. The molecule has 0 radical (unpaired) electrons. The van der Waals surface area contributed by atoms with E-state index in [4.69, 9.17) is 11.6 Å². The third-order valence-electron chi connectivity index (χ3n) is 3.55. The second-order valence-corrected chi connectivity index (χ2v) is 8.78. The monoisotopic (exact) mass is 500 g/mol. The summed E-state index contributed by atoms with van der Waals surface area (Å²) >= 11 is 12.3. The van der Waals surface area contributed by atoms with Crippen molar-refractivity contribution in [2.45, 2.75) is 25.3 Å². The van der Waals surface area contributed by atoms with E-state index >= 15 is 0 Å². The van der Waals surface area contributed by atoms with Gasteiger partial charge < -0.3 is 10.4 Å². The fraction of sp³-hybridized carbons (Fsp3) is 0.333. The number of halogens is 5. The zero-order valence-corrected chi connectivity index (χ0v) is 17.5. The molecule has 0 saturated carbocycles. The number of hydrogen-bond acceptors (Lipinski definition) is 7. The Morgan fingerprint density at radius 2 is 2.15 bits per heavy atom. The highest BCUT2D eigenvalue weighted by molar-refractivity contribution is 9.10. The van der Waals surface area contributed by atoms with Crippen LogP contribution in [0.2, 0.25) is 5.15 Å². The molecule has 12 heteroatoms. The van der Waals surface area contributed by atoms with Crippen molar-refractivity contribution >= 4 is 66.1 Å². The third kappa shape index (κ3) is 5.30. The zero-order chi connectivity index (χ0) is 19.6. The van der Waals surface area contributed by atoms with Crippen molar-refractivity contribution in [3.05, 3.63) is 37.2 Å². The summed E-state index contributed by atoms with van der Waals surface area (Å²) in [7, 11) is 0. The lowest BCUT2D eigenvalue weighted by atomic mass is 10.2. The number of hydrogen-bond donors (Lipinski definition) is 3. The van der Waals surface area contributed by atoms with Gasteiger partial charge in [-0.2, -0.15) is 13.2 Å². The molecule has 0 amide bonds. The maximum absolute atomic E-state index is 12.6. The number of fused-ring (bicyclic) bond motifs is 1. The molecule has 0 fully saturated rings. The van der Waals surface area contributed by atoms with E-state index in [-0.39, 0.29) is 11.6 Å². The van der Waals surface area contributed by atoms with Crippen LogP contribution in [0.5, 0.6) is 0 Å². The highest BCUT2D eigenvalue weighted by Crippen LogP contribution is 2.40. The van der Waals surface area contributed by atoms with Crippen molar-refractivity contribution < 1.29 is 18.3 Å². The first-order chi connectivity index (χ1) is 12.8. The quantitative estimate of drug-likeness (QED) is 0.321. The first kappa shape index (κ1) is 20.7. The molecule has 3 heterocycles. The van der Waals surface area contributed by atoms with Gasteiger partial charge in [0.15, 0.2) is 0 Å². The Morgan fingerprint density at radius 3 is 2.78 bits per heavy atom. The number of alkyl halides is 3. The summed E-state index contributed by atoms with van der Waals surface area (Å²) in [6, 6.07) is 0.512. The SMILES string of the molecule is OC[C@@H](Cc1sc2c(NCc3nccs3)cc(Cl)nc2c1Br)NC(F)(F)F. The average Bonchev–Trinajstić information content (AvgIpc) is 3.21. The number of thiophene rings is 1. The van der Waals surface area contributed by atoms with Crippen LogP contribution in [0.1, 0.15) is 9.88 Å². The van der Waals surface area contributed by atoms with Gasteiger partial charge in [0.25, 0.3) is 0 Å². The second-order valence-electron chi connectivity index (χ2n) is 5.51. The molecule has 3 rings (SSSR count). The smallest absolute Gasteiger partial charge is 0.395 e. The fourth-order valence-electron chi connectivity index (χ4n) is 2.44. The van der Waals surface area contributed by atoms with Gasteiger partial charge in [0.1, 0.15) is 10.2 Å². The predicted octanol–water partition coefficient (Wildman–Crippen LogP) is 4.79. The summed E-state index contributed by atoms with van der Waals surface area (Å²) in [4.78, 5) is 9.11. The van der Waals surface area contributed by atoms with E-state index in [1.54, 1.807) is 12.3 Å². The van der Waals surface area contributed by atoms with Crippen molar-refractivity contribution in [2.75, 3.05) is 11.9 Å². The maximum Gasteiger partial charge on any atom is 0.457 e. The van der Waals surface area contributed by atoms with Crippen LogP contribution in [0, 0.1) is 0 Å². The average molecular weight is 502 g/mol. The first-order valence-electron chi connectivity index (χ1n) is 7.61. The van der Waals surface area contributed by atoms with Gasteiger partial charge in [-0.05, 0) is 15.9 Å². The minimum absolute atomic E-state index is 0.0127. The van der Waals surface area contributed by atoms with Crippen molar-refractivity contribution in [2.24, 2.45) is 0 Å². The Hall–Kier alpha value is -0.980. The highest BCUT2D eigenvalue weighted by Gasteiger charge is 2.31. The molecule has 0 unspecified atom stereocenters. The van der Waals surface area contributed by atoms with E-state index in [2.05, 4.69) is 31.2 Å². The van der Waals surface area contributed by atoms with Crippen LogP contribution in [-0.2, 0) is 13.0 Å². The number of aliphatic hydroxyl groups is 1. The number of rotatable bonds is 7. The Labute approximate surface area is 173 Å². The summed E-state index contributed by atoms with van der Waals surface area (Å²) in [6.45, 7) is -0.156. The molecule has 3 N–H and O–H groups in total. The number of pyridine rings is 1. The topological polar surface area (TPSA) is 70.1 Å². The standard InChI is InChI=1S/C15H13BrClF3N4OS2/c16-12-9(3-7(6-25)24-15(18,19)20)27-14-8(4-10(17)23-13(12)14)22-5-11-21-1-2-26-11/h1-2,4,7,24-25H,3,5-6H2,(H,22,23)/t7-/m1/s1. The van der Waals surface area contributed by atoms with Crippen molar-refractivity contribution in [3.63, 3.8) is 0 Å². The summed E-state index contributed by atoms with van der Waals surface area (Å²) in [5.41, 5.74) is 1.29. The lowest BCUT2D eigenvalue weighted by Gasteiger charge is -2.17. The van der Waals surface area contributed by atoms with E-state index in [9.17, 15) is 18.3 Å². The van der Waals surface area contributed by atoms with Gasteiger partial charge in [-0.1, -0.05) is 11.6 Å². The van der Waals surface area contributed by atoms with E-state index in [0.717, 1.165) is 15.4 Å². The van der Waals surface area contributed by atoms with Crippen LogP contribution in [-0.4, -0.2) is 34.0 Å². The number of nitrogens with zero attached hydrogens (tertiary/aromatic N) is 2. The molecule has 5 nitrogen and oxygen atoms in total. The van der Waals surface area contributed by atoms with Gasteiger partial charge in [0.2, 0.25) is 0 Å². The first-order valence-corrected chi connectivity index (χ1v) is 10.5. The molecule has 3 aromatic heterocycles. The summed E-state index contributed by atoms with van der Waals surface area (Å²) in [5, 5.41) is 17.0. The molecular weight excluding hydrogens is 489 g/mol. The molecule has 3 aromatic rings. The number of thiazole rings is 1. The second kappa shape index (κ2) is 8.58. The molecule has 0 aliphatic carbocycles. The van der Waals surface area contributed by atoms with Gasteiger partial charge in [-0.3, -0.25) is 0 Å². The Bertz CT molecular complexity index is 920. The van der Waals surface area contributed by atoms with Crippen molar-refractivity contribution in [3.8, 4) is 0 Å². The fourth-order valence-corrected chi connectivity index (χ4v) is 5.22. The largest absolute Gasteiger partial charge is 0.457 e. The van der Waals surface area contributed by atoms with Gasteiger partial charge in [0.05, 0.1) is 33.5 Å². The van der Waals surface area contributed by atoms with Crippen LogP contribution in [0.4, 0.5) is 18.9 Å². The van der Waals surface area contributed by atoms with Gasteiger partial charge in [-0.15, -0.1) is 22.7 Å². The molecule has 0 aliphatic heterocycles. The van der Waals surface area contributed by atoms with E-state index in [1.165, 1.54) is 28.0 Å². The van der Waals surface area contributed by atoms with Gasteiger partial charge in [0, 0.05) is 35.0 Å². The molecule has 0 aliphatic rings. The predicted molar refractivity (Wildman–Crippen MR) is 106 cm³/mol. The molecular formula is C15H13BrClF3N4OS2. The Morgan fingerprint density at radius 1 is 1.37 bits per heavy atom. The summed E-state index contributed by atoms with van der Waals surface area (Å²) in [5.74, 6) is 0. The zero-order valence-electron chi connectivity index (χ0n) is 13.5. The minimum Gasteiger partial charge on any atom is -0.395 e. The van der Waals surface area contributed by atoms with E-state index in [1.807, 2.05) is 5.38 Å². The minimum atomic E-state index is -4.57. The van der Waals surface area contributed by atoms with Gasteiger partial charge >= 0.3 is 6.30 Å². The molecule has 0 saturated heterocycles. The number of aliphatic hydroxyl groups excluding tert-OH is 1. The summed E-state index contributed by atoms with van der Waals surface area (Å²) < 4.78 is 39.1. The molecule has 0 aromatic carbocycles. The molecule has 146 valence electrons. The van der Waals surface area contributed by atoms with Crippen LogP contribution in [0.25, 0.3) is 10.2 Å². The van der Waals surface area contributed by atoms with Crippen molar-refractivity contribution in [1.29, 1.82) is 0 Å². The van der Waals surface area contributed by atoms with Crippen molar-refractivity contribution in [1.82, 2.24) is 15.3 Å². The van der Waals surface area contributed by atoms with Crippen LogP contribution in [0.15, 0.2) is 22.1 Å². The summed E-state index contributed by atoms with van der Waals surface area (Å²) in [6.07, 6.45) is -2.88. The number of aromatic nitrogens is 2. The Balaban J connectivity index is 1.89. The molecule has 27 heavy (non-hydrogen) atoms. The number of nitrogens with one attached hydrogen (secondary N) is 2. The van der Waals surface area contributed by atoms with E-state index < -0.39 is 18.9 Å². The lowest BCUT2D eigenvalue weighted by molar-refractivity contribution is -0.166. The third-order valence-corrected chi connectivity index (χ3v) is 6.88.